The number of benzene rings is 1. The highest BCUT2D eigenvalue weighted by Crippen LogP contribution is 2.28. The zero-order valence-electron chi connectivity index (χ0n) is 19.2. The molecule has 8 heteroatoms. The Morgan fingerprint density at radius 3 is 2.56 bits per heavy atom. The fourth-order valence-corrected chi connectivity index (χ4v) is 4.28. The monoisotopic (exact) mass is 450 g/mol. The van der Waals surface area contributed by atoms with Gasteiger partial charge in [0.2, 0.25) is 5.91 Å². The van der Waals surface area contributed by atoms with Crippen molar-refractivity contribution >= 4 is 11.9 Å². The molecule has 1 saturated carbocycles. The Morgan fingerprint density at radius 1 is 1.22 bits per heavy atom. The Kier molecular flexibility index (Phi) is 10.8. The molecule has 0 bridgehead atoms. The van der Waals surface area contributed by atoms with E-state index >= 15 is 0 Å². The van der Waals surface area contributed by atoms with Crippen molar-refractivity contribution in [2.45, 2.75) is 82.9 Å². The molecule has 3 atom stereocenters. The van der Waals surface area contributed by atoms with Crippen LogP contribution in [-0.2, 0) is 16.0 Å². The van der Waals surface area contributed by atoms with Crippen LogP contribution in [-0.4, -0.2) is 59.0 Å². The van der Waals surface area contributed by atoms with Gasteiger partial charge in [0.25, 0.3) is 0 Å². The van der Waals surface area contributed by atoms with E-state index in [0.29, 0.717) is 37.5 Å². The van der Waals surface area contributed by atoms with Gasteiger partial charge < -0.3 is 30.7 Å². The first-order valence-corrected chi connectivity index (χ1v) is 11.6. The average molecular weight is 451 g/mol. The van der Waals surface area contributed by atoms with Gasteiger partial charge in [-0.2, -0.15) is 0 Å². The summed E-state index contributed by atoms with van der Waals surface area (Å²) in [6.45, 7) is 2.20. The van der Waals surface area contributed by atoms with E-state index < -0.39 is 30.1 Å². The summed E-state index contributed by atoms with van der Waals surface area (Å²) >= 11 is 0. The van der Waals surface area contributed by atoms with Gasteiger partial charge in [0.15, 0.2) is 11.5 Å². The summed E-state index contributed by atoms with van der Waals surface area (Å²) < 4.78 is 5.03. The highest BCUT2D eigenvalue weighted by molar-refractivity contribution is 5.86. The lowest BCUT2D eigenvalue weighted by atomic mass is 9.84. The fraction of sp³-hybridized carbons (Fsp3) is 0.667. The molecule has 0 aromatic heterocycles. The number of carbonyl (C=O) groups excluding carboxylic acids is 1. The zero-order chi connectivity index (χ0) is 23.5. The SMILES string of the molecule is COc1ccc(CCCNC(CC(=O)O)C(=O)NC(C)C(O)CC2CCCCC2)cc1O. The number of aromatic hydroxyl groups is 1. The van der Waals surface area contributed by atoms with Crippen LogP contribution < -0.4 is 15.4 Å². The van der Waals surface area contributed by atoms with Crippen molar-refractivity contribution in [2.75, 3.05) is 13.7 Å². The summed E-state index contributed by atoms with van der Waals surface area (Å²) in [5.41, 5.74) is 0.920. The number of amides is 1. The molecule has 1 fully saturated rings. The molecule has 1 aromatic carbocycles. The Bertz CT molecular complexity index is 735. The molecule has 3 unspecified atom stereocenters. The van der Waals surface area contributed by atoms with Gasteiger partial charge >= 0.3 is 5.97 Å². The molecule has 8 nitrogen and oxygen atoms in total. The number of aliphatic hydroxyl groups excluding tert-OH is 1. The van der Waals surface area contributed by atoms with Crippen LogP contribution in [0.15, 0.2) is 18.2 Å². The Labute approximate surface area is 190 Å². The smallest absolute Gasteiger partial charge is 0.305 e. The van der Waals surface area contributed by atoms with Crippen LogP contribution in [0.1, 0.15) is 63.9 Å². The Hall–Kier alpha value is -2.32. The largest absolute Gasteiger partial charge is 0.504 e. The molecule has 0 spiro atoms. The van der Waals surface area contributed by atoms with Crippen molar-refractivity contribution in [1.82, 2.24) is 10.6 Å². The molecule has 180 valence electrons. The minimum atomic E-state index is -1.06. The second kappa shape index (κ2) is 13.3. The number of aliphatic hydroxyl groups is 1. The lowest BCUT2D eigenvalue weighted by molar-refractivity contribution is -0.140. The van der Waals surface area contributed by atoms with E-state index in [-0.39, 0.29) is 12.2 Å². The second-order valence-corrected chi connectivity index (χ2v) is 8.82. The van der Waals surface area contributed by atoms with Crippen LogP contribution in [0.2, 0.25) is 0 Å². The third kappa shape index (κ3) is 8.67. The molecule has 32 heavy (non-hydrogen) atoms. The third-order valence-corrected chi connectivity index (χ3v) is 6.22. The van der Waals surface area contributed by atoms with E-state index in [0.717, 1.165) is 18.4 Å². The predicted molar refractivity (Wildman–Crippen MR) is 122 cm³/mol. The normalized spacial score (nSPS) is 17.3. The van der Waals surface area contributed by atoms with Crippen molar-refractivity contribution < 1.29 is 29.6 Å². The van der Waals surface area contributed by atoms with E-state index in [4.69, 9.17) is 4.74 Å². The van der Waals surface area contributed by atoms with Crippen LogP contribution in [0.25, 0.3) is 0 Å². The third-order valence-electron chi connectivity index (χ3n) is 6.22. The van der Waals surface area contributed by atoms with Gasteiger partial charge in [0.05, 0.1) is 31.7 Å². The van der Waals surface area contributed by atoms with Gasteiger partial charge in [0.1, 0.15) is 0 Å². The predicted octanol–water partition coefficient (Wildman–Crippen LogP) is 2.60. The van der Waals surface area contributed by atoms with Crippen molar-refractivity contribution in [3.8, 4) is 11.5 Å². The van der Waals surface area contributed by atoms with Crippen molar-refractivity contribution in [2.24, 2.45) is 5.92 Å². The van der Waals surface area contributed by atoms with Gasteiger partial charge in [-0.25, -0.2) is 0 Å². The minimum Gasteiger partial charge on any atom is -0.504 e. The maximum Gasteiger partial charge on any atom is 0.305 e. The van der Waals surface area contributed by atoms with Gasteiger partial charge in [0, 0.05) is 0 Å². The van der Waals surface area contributed by atoms with Crippen LogP contribution in [0.3, 0.4) is 0 Å². The molecule has 1 amide bonds. The molecule has 5 N–H and O–H groups in total. The number of nitrogens with one attached hydrogen (secondary N) is 2. The van der Waals surface area contributed by atoms with E-state index in [1.165, 1.54) is 26.4 Å². The van der Waals surface area contributed by atoms with Crippen LogP contribution >= 0.6 is 0 Å². The Balaban J connectivity index is 1.80. The summed E-state index contributed by atoms with van der Waals surface area (Å²) in [5.74, 6) is -0.507. The second-order valence-electron chi connectivity index (χ2n) is 8.82. The summed E-state index contributed by atoms with van der Waals surface area (Å²) in [6.07, 6.45) is 6.87. The van der Waals surface area contributed by atoms with Crippen LogP contribution in [0.5, 0.6) is 11.5 Å². The lowest BCUT2D eigenvalue weighted by Crippen LogP contribution is -2.51. The quantitative estimate of drug-likeness (QED) is 0.292. The molecular formula is C24H38N2O6. The van der Waals surface area contributed by atoms with Crippen molar-refractivity contribution in [3.63, 3.8) is 0 Å². The zero-order valence-corrected chi connectivity index (χ0v) is 19.2. The number of carbonyl (C=O) groups is 2. The number of hydrogen-bond donors (Lipinski definition) is 5. The highest BCUT2D eigenvalue weighted by atomic mass is 16.5. The first kappa shape index (κ1) is 25.9. The molecule has 0 saturated heterocycles. The van der Waals surface area contributed by atoms with Gasteiger partial charge in [-0.05, 0) is 56.3 Å². The molecule has 1 aliphatic carbocycles. The molecule has 0 heterocycles. The first-order chi connectivity index (χ1) is 15.3. The van der Waals surface area contributed by atoms with Crippen LogP contribution in [0.4, 0.5) is 0 Å². The number of rotatable bonds is 13. The number of methoxy groups -OCH3 is 1. The maximum absolute atomic E-state index is 12.7. The average Bonchev–Trinajstić information content (AvgIpc) is 2.76. The number of phenolic OH excluding ortho intramolecular Hbond substituents is 1. The van der Waals surface area contributed by atoms with Gasteiger partial charge in [-0.1, -0.05) is 38.2 Å². The number of aryl methyl sites for hydroxylation is 1. The lowest BCUT2D eigenvalue weighted by Gasteiger charge is -2.28. The molecule has 1 aromatic rings. The molecule has 0 aliphatic heterocycles. The van der Waals surface area contributed by atoms with E-state index in [1.807, 2.05) is 6.07 Å². The summed E-state index contributed by atoms with van der Waals surface area (Å²) in [4.78, 5) is 23.9. The standard InChI is InChI=1S/C24H38N2O6/c1-16(20(27)13-17-7-4-3-5-8-17)26-24(31)19(15-23(29)30)25-12-6-9-18-10-11-22(32-2)21(28)14-18/h10-11,14,16-17,19-20,25,27-28H,3-9,12-13,15H2,1-2H3,(H,26,31)(H,29,30). The number of aliphatic carboxylic acids is 1. The summed E-state index contributed by atoms with van der Waals surface area (Å²) in [7, 11) is 1.49. The minimum absolute atomic E-state index is 0.0712. The number of carboxylic acid groups (broad SMARTS) is 1. The molecule has 0 radical (unpaired) electrons. The fourth-order valence-electron chi connectivity index (χ4n) is 4.28. The van der Waals surface area contributed by atoms with E-state index in [9.17, 15) is 24.9 Å². The molecular weight excluding hydrogens is 412 g/mol. The Morgan fingerprint density at radius 2 is 1.94 bits per heavy atom. The number of hydrogen-bond acceptors (Lipinski definition) is 6. The molecule has 1 aliphatic rings. The van der Waals surface area contributed by atoms with Gasteiger partial charge in [-0.15, -0.1) is 0 Å². The number of phenols is 1. The maximum atomic E-state index is 12.7. The van der Waals surface area contributed by atoms with Gasteiger partial charge in [-0.3, -0.25) is 9.59 Å². The topological polar surface area (TPSA) is 128 Å². The van der Waals surface area contributed by atoms with E-state index in [1.54, 1.807) is 19.1 Å². The van der Waals surface area contributed by atoms with E-state index in [2.05, 4.69) is 10.6 Å². The highest BCUT2D eigenvalue weighted by Gasteiger charge is 2.26. The van der Waals surface area contributed by atoms with Crippen molar-refractivity contribution in [1.29, 1.82) is 0 Å². The van der Waals surface area contributed by atoms with Crippen LogP contribution in [0, 0.1) is 5.92 Å². The summed E-state index contributed by atoms with van der Waals surface area (Å²) in [6, 6.07) is 3.87. The number of ether oxygens (including phenoxy) is 1. The summed E-state index contributed by atoms with van der Waals surface area (Å²) in [5, 5.41) is 35.4. The molecule has 2 rings (SSSR count). The first-order valence-electron chi connectivity index (χ1n) is 11.6. The van der Waals surface area contributed by atoms with Crippen molar-refractivity contribution in [3.05, 3.63) is 23.8 Å². The number of carboxylic acids is 1.